The molecule has 134 valence electrons. The van der Waals surface area contributed by atoms with Crippen molar-refractivity contribution >= 4 is 11.1 Å². The first kappa shape index (κ1) is 18.6. The first-order valence-corrected chi connectivity index (χ1v) is 7.71. The zero-order chi connectivity index (χ0) is 20.6. The number of allylic oxidation sites excluding steroid dienone is 8. The summed E-state index contributed by atoms with van der Waals surface area (Å²) in [4.78, 5) is 0. The molecular weight excluding hydrogens is 372 g/mol. The van der Waals surface area contributed by atoms with E-state index in [-0.39, 0.29) is 22.3 Å². The maximum absolute atomic E-state index is 14.0. The van der Waals surface area contributed by atoms with Gasteiger partial charge >= 0.3 is 0 Å². The Morgan fingerprint density at radius 1 is 0.643 bits per heavy atom. The van der Waals surface area contributed by atoms with Gasteiger partial charge in [-0.15, -0.1) is 0 Å². The summed E-state index contributed by atoms with van der Waals surface area (Å²) in [6, 6.07) is 7.88. The summed E-state index contributed by atoms with van der Waals surface area (Å²) in [7, 11) is 0. The lowest BCUT2D eigenvalue weighted by molar-refractivity contribution is 0.496. The van der Waals surface area contributed by atoms with Gasteiger partial charge in [-0.25, -0.2) is 17.6 Å². The van der Waals surface area contributed by atoms with Crippen molar-refractivity contribution in [3.63, 3.8) is 0 Å². The van der Waals surface area contributed by atoms with Crippen LogP contribution in [0.2, 0.25) is 0 Å². The number of benzene rings is 1. The molecule has 2 aliphatic rings. The van der Waals surface area contributed by atoms with Gasteiger partial charge in [-0.2, -0.15) is 21.0 Å². The summed E-state index contributed by atoms with van der Waals surface area (Å²) in [5.74, 6) is -7.48. The van der Waals surface area contributed by atoms with Crippen LogP contribution in [0.4, 0.5) is 17.6 Å². The minimum absolute atomic E-state index is 0.137. The highest BCUT2D eigenvalue weighted by atomic mass is 19.2. The van der Waals surface area contributed by atoms with Crippen molar-refractivity contribution in [2.24, 2.45) is 11.8 Å². The summed E-state index contributed by atoms with van der Waals surface area (Å²) >= 11 is 0. The Labute approximate surface area is 156 Å². The van der Waals surface area contributed by atoms with Crippen LogP contribution in [-0.2, 0) is 0 Å². The van der Waals surface area contributed by atoms with E-state index in [1.165, 1.54) is 0 Å². The lowest BCUT2D eigenvalue weighted by Gasteiger charge is -2.36. The van der Waals surface area contributed by atoms with Gasteiger partial charge in [0.25, 0.3) is 0 Å². The summed E-state index contributed by atoms with van der Waals surface area (Å²) in [5, 5.41) is 37.1. The van der Waals surface area contributed by atoms with Gasteiger partial charge in [0.2, 0.25) is 0 Å². The van der Waals surface area contributed by atoms with Crippen molar-refractivity contribution in [1.82, 2.24) is 0 Å². The van der Waals surface area contributed by atoms with Crippen LogP contribution in [0.1, 0.15) is 11.1 Å². The van der Waals surface area contributed by atoms with Crippen LogP contribution >= 0.6 is 0 Å². The molecule has 0 saturated heterocycles. The fourth-order valence-electron chi connectivity index (χ4n) is 3.45. The summed E-state index contributed by atoms with van der Waals surface area (Å²) in [5.41, 5.74) is -1.57. The van der Waals surface area contributed by atoms with E-state index in [0.29, 0.717) is 12.1 Å². The maximum atomic E-state index is 14.0. The average molecular weight is 378 g/mol. The molecule has 0 spiro atoms. The van der Waals surface area contributed by atoms with Crippen molar-refractivity contribution in [2.45, 2.75) is 0 Å². The molecule has 2 unspecified atom stereocenters. The van der Waals surface area contributed by atoms with Crippen molar-refractivity contribution in [2.75, 3.05) is 0 Å². The summed E-state index contributed by atoms with van der Waals surface area (Å²) < 4.78 is 55.8. The smallest absolute Gasteiger partial charge is 0.159 e. The summed E-state index contributed by atoms with van der Waals surface area (Å²) in [6.45, 7) is 0. The second-order valence-electron chi connectivity index (χ2n) is 5.92. The second kappa shape index (κ2) is 6.88. The standard InChI is InChI=1S/C20H6F4N4/c21-15-1-11-12(2-16(15)22)20(10(7-27)8-28)14-4-18(24)17(23)3-13(14)19(11)9(5-25)6-26/h1-4,11-12H. The molecule has 0 aliphatic heterocycles. The minimum atomic E-state index is -1.30. The molecule has 28 heavy (non-hydrogen) atoms. The number of rotatable bonds is 0. The van der Waals surface area contributed by atoms with Gasteiger partial charge in [-0.3, -0.25) is 0 Å². The SMILES string of the molecule is N#CC(C#N)=C1c2cc(F)c(F)cc2C(=C(C#N)C#N)C2C=C(F)C(F)=CC12. The van der Waals surface area contributed by atoms with E-state index in [0.717, 1.165) is 12.2 Å². The molecule has 2 aliphatic carbocycles. The Morgan fingerprint density at radius 3 is 1.25 bits per heavy atom. The lowest BCUT2D eigenvalue weighted by Crippen LogP contribution is -2.26. The Balaban J connectivity index is 2.56. The predicted molar refractivity (Wildman–Crippen MR) is 88.0 cm³/mol. The molecule has 1 aromatic carbocycles. The van der Waals surface area contributed by atoms with Gasteiger partial charge in [0, 0.05) is 11.8 Å². The van der Waals surface area contributed by atoms with Crippen molar-refractivity contribution < 1.29 is 17.6 Å². The fourth-order valence-corrected chi connectivity index (χ4v) is 3.45. The topological polar surface area (TPSA) is 95.2 Å². The number of nitriles is 4. The van der Waals surface area contributed by atoms with Crippen LogP contribution in [0, 0.1) is 68.8 Å². The van der Waals surface area contributed by atoms with E-state index in [1.807, 2.05) is 0 Å². The molecule has 8 heteroatoms. The number of fused-ring (bicyclic) bond motifs is 2. The molecule has 0 heterocycles. The van der Waals surface area contributed by atoms with E-state index in [4.69, 9.17) is 0 Å². The van der Waals surface area contributed by atoms with Crippen LogP contribution in [0.5, 0.6) is 0 Å². The van der Waals surface area contributed by atoms with Crippen LogP contribution in [0.15, 0.2) is 47.1 Å². The second-order valence-corrected chi connectivity index (χ2v) is 5.92. The maximum Gasteiger partial charge on any atom is 0.159 e. The average Bonchev–Trinajstić information content (AvgIpc) is 2.68. The Hall–Kier alpha value is -4.14. The van der Waals surface area contributed by atoms with Gasteiger partial charge in [-0.1, -0.05) is 0 Å². The molecule has 0 amide bonds. The zero-order valence-electron chi connectivity index (χ0n) is 13.8. The van der Waals surface area contributed by atoms with E-state index in [2.05, 4.69) is 0 Å². The minimum Gasteiger partial charge on any atom is -0.204 e. The number of hydrogen-bond acceptors (Lipinski definition) is 4. The Kier molecular flexibility index (Phi) is 4.58. The molecule has 1 aromatic rings. The quantitative estimate of drug-likeness (QED) is 0.489. The Bertz CT molecular complexity index is 1080. The van der Waals surface area contributed by atoms with E-state index in [1.54, 1.807) is 24.3 Å². The molecule has 0 N–H and O–H groups in total. The normalized spacial score (nSPS) is 19.6. The highest BCUT2D eigenvalue weighted by Crippen LogP contribution is 2.52. The largest absolute Gasteiger partial charge is 0.204 e. The number of nitrogens with zero attached hydrogens (tertiary/aromatic N) is 4. The van der Waals surface area contributed by atoms with Crippen LogP contribution in [-0.4, -0.2) is 0 Å². The van der Waals surface area contributed by atoms with Gasteiger partial charge in [-0.05, 0) is 46.6 Å². The predicted octanol–water partition coefficient (Wildman–Crippen LogP) is 4.53. The molecule has 0 fully saturated rings. The van der Waals surface area contributed by atoms with E-state index < -0.39 is 46.3 Å². The first-order chi connectivity index (χ1) is 13.4. The van der Waals surface area contributed by atoms with Gasteiger partial charge in [0.15, 0.2) is 23.3 Å². The third kappa shape index (κ3) is 2.65. The third-order valence-corrected chi connectivity index (χ3v) is 4.56. The van der Waals surface area contributed by atoms with Crippen molar-refractivity contribution in [3.8, 4) is 24.3 Å². The van der Waals surface area contributed by atoms with Gasteiger partial charge in [0.05, 0.1) is 0 Å². The molecule has 0 bridgehead atoms. The monoisotopic (exact) mass is 378 g/mol. The van der Waals surface area contributed by atoms with Crippen LogP contribution in [0.25, 0.3) is 11.1 Å². The summed E-state index contributed by atoms with van der Waals surface area (Å²) in [6.07, 6.45) is 1.58. The highest BCUT2D eigenvalue weighted by molar-refractivity contribution is 5.94. The number of halogens is 4. The lowest BCUT2D eigenvalue weighted by atomic mass is 9.65. The highest BCUT2D eigenvalue weighted by Gasteiger charge is 2.41. The van der Waals surface area contributed by atoms with Crippen molar-refractivity contribution in [1.29, 1.82) is 21.0 Å². The molecular formula is C20H6F4N4. The third-order valence-electron chi connectivity index (χ3n) is 4.56. The molecule has 4 nitrogen and oxygen atoms in total. The first-order valence-electron chi connectivity index (χ1n) is 7.71. The van der Waals surface area contributed by atoms with Crippen LogP contribution in [0.3, 0.4) is 0 Å². The van der Waals surface area contributed by atoms with E-state index >= 15 is 0 Å². The molecule has 0 radical (unpaired) electrons. The Morgan fingerprint density at radius 2 is 0.964 bits per heavy atom. The molecule has 0 saturated carbocycles. The van der Waals surface area contributed by atoms with Gasteiger partial charge < -0.3 is 0 Å². The van der Waals surface area contributed by atoms with Crippen molar-refractivity contribution in [3.05, 3.63) is 69.8 Å². The fraction of sp³-hybridized carbons (Fsp3) is 0.100. The van der Waals surface area contributed by atoms with E-state index in [9.17, 15) is 38.6 Å². The molecule has 3 rings (SSSR count). The zero-order valence-corrected chi connectivity index (χ0v) is 13.8. The molecule has 2 atom stereocenters. The van der Waals surface area contributed by atoms with Gasteiger partial charge in [0.1, 0.15) is 35.4 Å². The number of hydrogen-bond donors (Lipinski definition) is 0. The molecule has 0 aromatic heterocycles. The van der Waals surface area contributed by atoms with Crippen LogP contribution < -0.4 is 0 Å².